The van der Waals surface area contributed by atoms with Crippen LogP contribution < -0.4 is 20.1 Å². The lowest BCUT2D eigenvalue weighted by molar-refractivity contribution is 0.234. The zero-order chi connectivity index (χ0) is 20.8. The fourth-order valence-electron chi connectivity index (χ4n) is 3.03. The summed E-state index contributed by atoms with van der Waals surface area (Å²) in [6, 6.07) is 12.6. The first-order valence-corrected chi connectivity index (χ1v) is 9.25. The maximum absolute atomic E-state index is 12.5. The van der Waals surface area contributed by atoms with Crippen LogP contribution in [-0.4, -0.2) is 35.0 Å². The summed E-state index contributed by atoms with van der Waals surface area (Å²) in [6.45, 7) is 3.83. The van der Waals surface area contributed by atoms with Gasteiger partial charge in [0.15, 0.2) is 0 Å². The minimum Gasteiger partial charge on any atom is -0.497 e. The van der Waals surface area contributed by atoms with Gasteiger partial charge in [0.1, 0.15) is 24.2 Å². The van der Waals surface area contributed by atoms with Crippen LogP contribution in [-0.2, 0) is 0 Å². The van der Waals surface area contributed by atoms with E-state index < -0.39 is 0 Å². The predicted molar refractivity (Wildman–Crippen MR) is 109 cm³/mol. The number of hydrogen-bond donors (Lipinski definition) is 2. The van der Waals surface area contributed by atoms with Crippen LogP contribution in [0.2, 0.25) is 0 Å². The van der Waals surface area contributed by atoms with Crippen molar-refractivity contribution in [3.05, 3.63) is 66.2 Å². The van der Waals surface area contributed by atoms with Crippen molar-refractivity contribution in [3.8, 4) is 17.2 Å². The standard InChI is InChI=1S/C21H25N5O3/c1-14(16-5-7-17(8-6-16)26-13-22-12-23-26)24-21(27)25-15(2)19-11-18(28-3)9-10-20(19)29-4/h5-15H,1-4H3,(H2,24,25,27). The molecule has 2 aromatic carbocycles. The molecule has 0 saturated heterocycles. The SMILES string of the molecule is COc1ccc(OC)c(C(C)NC(=O)NC(C)c2ccc(-n3cncn3)cc2)c1. The molecule has 3 aromatic rings. The van der Waals surface area contributed by atoms with Crippen molar-refractivity contribution in [2.75, 3.05) is 14.2 Å². The number of aromatic nitrogens is 3. The van der Waals surface area contributed by atoms with Gasteiger partial charge in [-0.3, -0.25) is 0 Å². The van der Waals surface area contributed by atoms with Gasteiger partial charge in [0.2, 0.25) is 0 Å². The maximum Gasteiger partial charge on any atom is 0.315 e. The van der Waals surface area contributed by atoms with Crippen LogP contribution in [0.3, 0.4) is 0 Å². The monoisotopic (exact) mass is 395 g/mol. The second-order valence-electron chi connectivity index (χ2n) is 6.60. The molecular formula is C21H25N5O3. The van der Waals surface area contributed by atoms with E-state index in [1.807, 2.05) is 56.3 Å². The average molecular weight is 395 g/mol. The Bertz CT molecular complexity index is 941. The van der Waals surface area contributed by atoms with E-state index in [1.54, 1.807) is 25.2 Å². The number of methoxy groups -OCH3 is 2. The fourth-order valence-corrected chi connectivity index (χ4v) is 3.03. The number of hydrogen-bond acceptors (Lipinski definition) is 5. The molecule has 0 aliphatic rings. The summed E-state index contributed by atoms with van der Waals surface area (Å²) in [5, 5.41) is 10.0. The molecule has 0 bridgehead atoms. The van der Waals surface area contributed by atoms with E-state index >= 15 is 0 Å². The van der Waals surface area contributed by atoms with Crippen LogP contribution in [0.25, 0.3) is 5.69 Å². The predicted octanol–water partition coefficient (Wildman–Crippen LogP) is 3.41. The molecule has 1 aromatic heterocycles. The Balaban J connectivity index is 1.63. The Morgan fingerprint density at radius 2 is 1.72 bits per heavy atom. The molecule has 2 amide bonds. The molecule has 0 fully saturated rings. The maximum atomic E-state index is 12.5. The molecule has 3 rings (SSSR count). The zero-order valence-corrected chi connectivity index (χ0v) is 16.9. The number of urea groups is 1. The number of nitrogens with zero attached hydrogens (tertiary/aromatic N) is 3. The Morgan fingerprint density at radius 3 is 2.34 bits per heavy atom. The van der Waals surface area contributed by atoms with Crippen molar-refractivity contribution in [1.82, 2.24) is 25.4 Å². The lowest BCUT2D eigenvalue weighted by Crippen LogP contribution is -2.38. The van der Waals surface area contributed by atoms with E-state index in [9.17, 15) is 4.79 Å². The molecule has 2 N–H and O–H groups in total. The summed E-state index contributed by atoms with van der Waals surface area (Å²) < 4.78 is 12.4. The van der Waals surface area contributed by atoms with Gasteiger partial charge in [-0.25, -0.2) is 14.5 Å². The largest absolute Gasteiger partial charge is 0.497 e. The van der Waals surface area contributed by atoms with E-state index in [4.69, 9.17) is 9.47 Å². The lowest BCUT2D eigenvalue weighted by Gasteiger charge is -2.21. The summed E-state index contributed by atoms with van der Waals surface area (Å²) in [7, 11) is 3.20. The summed E-state index contributed by atoms with van der Waals surface area (Å²) >= 11 is 0. The summed E-state index contributed by atoms with van der Waals surface area (Å²) in [5.41, 5.74) is 2.73. The Kier molecular flexibility index (Phi) is 6.33. The molecule has 2 atom stereocenters. The van der Waals surface area contributed by atoms with E-state index in [1.165, 1.54) is 6.33 Å². The first-order valence-electron chi connectivity index (χ1n) is 9.25. The van der Waals surface area contributed by atoms with Crippen molar-refractivity contribution in [1.29, 1.82) is 0 Å². The van der Waals surface area contributed by atoms with Gasteiger partial charge in [-0.1, -0.05) is 12.1 Å². The quantitative estimate of drug-likeness (QED) is 0.640. The van der Waals surface area contributed by atoms with Gasteiger partial charge in [0, 0.05) is 5.56 Å². The first kappa shape index (κ1) is 20.2. The van der Waals surface area contributed by atoms with Crippen molar-refractivity contribution in [2.45, 2.75) is 25.9 Å². The summed E-state index contributed by atoms with van der Waals surface area (Å²) in [6.07, 6.45) is 3.12. The third-order valence-electron chi connectivity index (χ3n) is 4.67. The smallest absolute Gasteiger partial charge is 0.315 e. The van der Waals surface area contributed by atoms with Gasteiger partial charge in [0.05, 0.1) is 32.0 Å². The Labute approximate surface area is 169 Å². The topological polar surface area (TPSA) is 90.3 Å². The molecule has 152 valence electrons. The van der Waals surface area contributed by atoms with Crippen LogP contribution in [0.1, 0.15) is 37.1 Å². The van der Waals surface area contributed by atoms with Crippen LogP contribution in [0.4, 0.5) is 4.79 Å². The van der Waals surface area contributed by atoms with E-state index in [2.05, 4.69) is 20.7 Å². The molecule has 8 heteroatoms. The Morgan fingerprint density at radius 1 is 1.00 bits per heavy atom. The highest BCUT2D eigenvalue weighted by molar-refractivity contribution is 5.75. The first-order chi connectivity index (χ1) is 14.0. The number of ether oxygens (including phenoxy) is 2. The van der Waals surface area contributed by atoms with Crippen molar-refractivity contribution < 1.29 is 14.3 Å². The third kappa shape index (κ3) is 4.84. The Hall–Kier alpha value is -3.55. The molecule has 2 unspecified atom stereocenters. The van der Waals surface area contributed by atoms with Crippen LogP contribution in [0, 0.1) is 0 Å². The number of carbonyl (C=O) groups excluding carboxylic acids is 1. The molecule has 1 heterocycles. The van der Waals surface area contributed by atoms with Crippen molar-refractivity contribution in [3.63, 3.8) is 0 Å². The van der Waals surface area contributed by atoms with Gasteiger partial charge in [-0.15, -0.1) is 0 Å². The minimum atomic E-state index is -0.268. The highest BCUT2D eigenvalue weighted by Crippen LogP contribution is 2.29. The summed E-state index contributed by atoms with van der Waals surface area (Å²) in [4.78, 5) is 16.4. The van der Waals surface area contributed by atoms with Crippen molar-refractivity contribution in [2.24, 2.45) is 0 Å². The van der Waals surface area contributed by atoms with Gasteiger partial charge < -0.3 is 20.1 Å². The van der Waals surface area contributed by atoms with Crippen LogP contribution in [0.15, 0.2) is 55.1 Å². The van der Waals surface area contributed by atoms with Crippen LogP contribution >= 0.6 is 0 Å². The third-order valence-corrected chi connectivity index (χ3v) is 4.67. The fraction of sp³-hybridized carbons (Fsp3) is 0.286. The number of benzene rings is 2. The molecule has 29 heavy (non-hydrogen) atoms. The van der Waals surface area contributed by atoms with E-state index in [0.717, 1.165) is 16.8 Å². The van der Waals surface area contributed by atoms with Crippen LogP contribution in [0.5, 0.6) is 11.5 Å². The van der Waals surface area contributed by atoms with Gasteiger partial charge in [0.25, 0.3) is 0 Å². The molecule has 0 saturated carbocycles. The lowest BCUT2D eigenvalue weighted by atomic mass is 10.1. The molecular weight excluding hydrogens is 370 g/mol. The highest BCUT2D eigenvalue weighted by atomic mass is 16.5. The molecule has 0 spiro atoms. The zero-order valence-electron chi connectivity index (χ0n) is 16.9. The van der Waals surface area contributed by atoms with Gasteiger partial charge in [-0.2, -0.15) is 5.10 Å². The number of carbonyl (C=O) groups is 1. The van der Waals surface area contributed by atoms with Crippen molar-refractivity contribution >= 4 is 6.03 Å². The van der Waals surface area contributed by atoms with Gasteiger partial charge >= 0.3 is 6.03 Å². The molecule has 0 aliphatic heterocycles. The highest BCUT2D eigenvalue weighted by Gasteiger charge is 2.17. The molecule has 0 radical (unpaired) electrons. The minimum absolute atomic E-state index is 0.167. The average Bonchev–Trinajstić information content (AvgIpc) is 3.28. The van der Waals surface area contributed by atoms with E-state index in [0.29, 0.717) is 11.5 Å². The second-order valence-corrected chi connectivity index (χ2v) is 6.60. The number of nitrogens with one attached hydrogen (secondary N) is 2. The van der Waals surface area contributed by atoms with Gasteiger partial charge in [-0.05, 0) is 49.7 Å². The molecule has 8 nitrogen and oxygen atoms in total. The molecule has 0 aliphatic carbocycles. The number of rotatable bonds is 7. The number of amides is 2. The summed E-state index contributed by atoms with van der Waals surface area (Å²) in [5.74, 6) is 1.39. The second kappa shape index (κ2) is 9.09. The normalized spacial score (nSPS) is 12.7. The van der Waals surface area contributed by atoms with E-state index in [-0.39, 0.29) is 18.1 Å².